The molecule has 2 N–H and O–H groups in total. The lowest BCUT2D eigenvalue weighted by Gasteiger charge is -2.14. The lowest BCUT2D eigenvalue weighted by atomic mass is 10.3. The highest BCUT2D eigenvalue weighted by Gasteiger charge is 2.16. The molecule has 5 heteroatoms. The lowest BCUT2D eigenvalue weighted by molar-refractivity contribution is 0.340. The van der Waals surface area contributed by atoms with Crippen molar-refractivity contribution >= 4 is 15.5 Å². The van der Waals surface area contributed by atoms with Crippen molar-refractivity contribution in [3.05, 3.63) is 24.3 Å². The summed E-state index contributed by atoms with van der Waals surface area (Å²) < 4.78 is 24.1. The van der Waals surface area contributed by atoms with Gasteiger partial charge in [-0.3, -0.25) is 0 Å². The third-order valence-corrected chi connectivity index (χ3v) is 5.14. The van der Waals surface area contributed by atoms with Gasteiger partial charge in [0.1, 0.15) is 0 Å². The second-order valence-corrected chi connectivity index (χ2v) is 6.90. The maximum Gasteiger partial charge on any atom is 0.178 e. The molecule has 100 valence electrons. The van der Waals surface area contributed by atoms with Crippen LogP contribution in [0.3, 0.4) is 0 Å². The largest absolute Gasteiger partial charge is 0.399 e. The zero-order valence-corrected chi connectivity index (χ0v) is 11.3. The van der Waals surface area contributed by atoms with Crippen molar-refractivity contribution in [3.63, 3.8) is 0 Å². The molecule has 0 amide bonds. The van der Waals surface area contributed by atoms with E-state index in [1.807, 2.05) is 0 Å². The van der Waals surface area contributed by atoms with Crippen molar-refractivity contribution in [2.24, 2.45) is 0 Å². The van der Waals surface area contributed by atoms with E-state index in [0.717, 1.165) is 19.6 Å². The van der Waals surface area contributed by atoms with E-state index in [0.29, 0.717) is 17.0 Å². The zero-order valence-electron chi connectivity index (χ0n) is 10.5. The normalized spacial score (nSPS) is 17.1. The summed E-state index contributed by atoms with van der Waals surface area (Å²) >= 11 is 0. The van der Waals surface area contributed by atoms with E-state index in [-0.39, 0.29) is 5.75 Å². The molecule has 18 heavy (non-hydrogen) atoms. The summed E-state index contributed by atoms with van der Waals surface area (Å²) in [6.45, 7) is 3.11. The number of benzene rings is 1. The number of likely N-dealkylation sites (tertiary alicyclic amines) is 1. The molecule has 1 saturated heterocycles. The number of anilines is 1. The second kappa shape index (κ2) is 5.71. The Hall–Kier alpha value is -1.07. The molecule has 0 aliphatic carbocycles. The summed E-state index contributed by atoms with van der Waals surface area (Å²) in [5.41, 5.74) is 6.14. The Bertz CT molecular complexity index is 476. The third kappa shape index (κ3) is 3.46. The van der Waals surface area contributed by atoms with Crippen LogP contribution in [0.1, 0.15) is 19.3 Å². The number of hydrogen-bond acceptors (Lipinski definition) is 4. The summed E-state index contributed by atoms with van der Waals surface area (Å²) in [6.07, 6.45) is 3.18. The summed E-state index contributed by atoms with van der Waals surface area (Å²) in [5.74, 6) is 0.216. The molecule has 4 nitrogen and oxygen atoms in total. The van der Waals surface area contributed by atoms with E-state index >= 15 is 0 Å². The first kappa shape index (κ1) is 13.4. The van der Waals surface area contributed by atoms with Crippen LogP contribution in [-0.4, -0.2) is 38.7 Å². The highest BCUT2D eigenvalue weighted by Crippen LogP contribution is 2.15. The fourth-order valence-electron chi connectivity index (χ4n) is 2.28. The molecular weight excluding hydrogens is 248 g/mol. The van der Waals surface area contributed by atoms with E-state index in [2.05, 4.69) is 4.90 Å². The first-order valence-corrected chi connectivity index (χ1v) is 8.04. The van der Waals surface area contributed by atoms with Crippen molar-refractivity contribution in [1.82, 2.24) is 4.90 Å². The van der Waals surface area contributed by atoms with Crippen molar-refractivity contribution in [3.8, 4) is 0 Å². The predicted molar refractivity (Wildman–Crippen MR) is 73.2 cm³/mol. The molecule has 1 aromatic carbocycles. The summed E-state index contributed by atoms with van der Waals surface area (Å²) in [6, 6.07) is 6.43. The van der Waals surface area contributed by atoms with Crippen molar-refractivity contribution in [2.75, 3.05) is 31.1 Å². The Labute approximate surface area is 109 Å². The van der Waals surface area contributed by atoms with Crippen LogP contribution in [0.2, 0.25) is 0 Å². The van der Waals surface area contributed by atoms with Gasteiger partial charge < -0.3 is 10.6 Å². The molecule has 0 bridgehead atoms. The van der Waals surface area contributed by atoms with Gasteiger partial charge in [-0.05, 0) is 63.2 Å². The quantitative estimate of drug-likeness (QED) is 0.823. The van der Waals surface area contributed by atoms with E-state index < -0.39 is 9.84 Å². The van der Waals surface area contributed by atoms with E-state index in [1.54, 1.807) is 24.3 Å². The zero-order chi connectivity index (χ0) is 13.0. The fraction of sp³-hybridized carbons (Fsp3) is 0.538. The van der Waals surface area contributed by atoms with Crippen LogP contribution in [-0.2, 0) is 9.84 Å². The molecule has 1 fully saturated rings. The lowest BCUT2D eigenvalue weighted by Crippen LogP contribution is -2.22. The van der Waals surface area contributed by atoms with E-state index in [4.69, 9.17) is 5.73 Å². The highest BCUT2D eigenvalue weighted by atomic mass is 32.2. The second-order valence-electron chi connectivity index (χ2n) is 4.79. The van der Waals surface area contributed by atoms with Gasteiger partial charge in [-0.15, -0.1) is 0 Å². The fourth-order valence-corrected chi connectivity index (χ4v) is 3.57. The van der Waals surface area contributed by atoms with Crippen LogP contribution in [0.4, 0.5) is 5.69 Å². The first-order valence-electron chi connectivity index (χ1n) is 6.38. The maximum atomic E-state index is 12.1. The molecule has 1 aromatic rings. The molecule has 0 radical (unpaired) electrons. The molecule has 1 aliphatic heterocycles. The van der Waals surface area contributed by atoms with Gasteiger partial charge in [0.2, 0.25) is 0 Å². The number of nitrogen functional groups attached to an aromatic ring is 1. The van der Waals surface area contributed by atoms with Gasteiger partial charge in [0.25, 0.3) is 0 Å². The minimum Gasteiger partial charge on any atom is -0.399 e. The average Bonchev–Trinajstić information content (AvgIpc) is 2.82. The Morgan fingerprint density at radius 3 is 2.33 bits per heavy atom. The van der Waals surface area contributed by atoms with Gasteiger partial charge in [-0.25, -0.2) is 8.42 Å². The number of nitrogens with zero attached hydrogens (tertiary/aromatic N) is 1. The van der Waals surface area contributed by atoms with Crippen LogP contribution in [0.5, 0.6) is 0 Å². The number of sulfone groups is 1. The molecule has 0 atom stereocenters. The summed E-state index contributed by atoms with van der Waals surface area (Å²) in [7, 11) is -3.15. The highest BCUT2D eigenvalue weighted by molar-refractivity contribution is 7.91. The first-order chi connectivity index (χ1) is 8.58. The SMILES string of the molecule is Nc1ccc(S(=O)(=O)CCCN2CCCC2)cc1. The number of nitrogens with two attached hydrogens (primary N) is 1. The molecular formula is C13H20N2O2S. The van der Waals surface area contributed by atoms with Gasteiger partial charge in [-0.1, -0.05) is 0 Å². The van der Waals surface area contributed by atoms with Gasteiger partial charge in [0, 0.05) is 5.69 Å². The number of rotatable bonds is 5. The Morgan fingerprint density at radius 1 is 1.11 bits per heavy atom. The molecule has 0 unspecified atom stereocenters. The average molecular weight is 268 g/mol. The Morgan fingerprint density at radius 2 is 1.72 bits per heavy atom. The van der Waals surface area contributed by atoms with Crippen molar-refractivity contribution < 1.29 is 8.42 Å². The predicted octanol–water partition coefficient (Wildman–Crippen LogP) is 1.53. The molecule has 1 heterocycles. The Kier molecular flexibility index (Phi) is 4.24. The number of hydrogen-bond donors (Lipinski definition) is 1. The van der Waals surface area contributed by atoms with Crippen LogP contribution < -0.4 is 5.73 Å². The van der Waals surface area contributed by atoms with E-state index in [9.17, 15) is 8.42 Å². The molecule has 0 spiro atoms. The van der Waals surface area contributed by atoms with Crippen LogP contribution >= 0.6 is 0 Å². The molecule has 1 aliphatic rings. The van der Waals surface area contributed by atoms with Crippen LogP contribution in [0.25, 0.3) is 0 Å². The van der Waals surface area contributed by atoms with Gasteiger partial charge in [-0.2, -0.15) is 0 Å². The summed E-state index contributed by atoms with van der Waals surface area (Å²) in [4.78, 5) is 2.71. The standard InChI is InChI=1S/C13H20N2O2S/c14-12-4-6-13(7-5-12)18(16,17)11-3-10-15-8-1-2-9-15/h4-7H,1-3,8-11,14H2. The minimum absolute atomic E-state index is 0.216. The minimum atomic E-state index is -3.15. The van der Waals surface area contributed by atoms with Crippen LogP contribution in [0, 0.1) is 0 Å². The smallest absolute Gasteiger partial charge is 0.178 e. The maximum absolute atomic E-state index is 12.1. The van der Waals surface area contributed by atoms with Crippen molar-refractivity contribution in [2.45, 2.75) is 24.2 Å². The van der Waals surface area contributed by atoms with Gasteiger partial charge in [0.15, 0.2) is 9.84 Å². The summed E-state index contributed by atoms with van der Waals surface area (Å²) in [5, 5.41) is 0. The topological polar surface area (TPSA) is 63.4 Å². The molecule has 0 saturated carbocycles. The van der Waals surface area contributed by atoms with Crippen LogP contribution in [0.15, 0.2) is 29.2 Å². The van der Waals surface area contributed by atoms with Gasteiger partial charge >= 0.3 is 0 Å². The van der Waals surface area contributed by atoms with E-state index in [1.165, 1.54) is 12.8 Å². The molecule has 0 aromatic heterocycles. The Balaban J connectivity index is 1.88. The monoisotopic (exact) mass is 268 g/mol. The van der Waals surface area contributed by atoms with Gasteiger partial charge in [0.05, 0.1) is 10.6 Å². The molecule has 2 rings (SSSR count). The van der Waals surface area contributed by atoms with Crippen molar-refractivity contribution in [1.29, 1.82) is 0 Å². The third-order valence-electron chi connectivity index (χ3n) is 3.33.